The Morgan fingerprint density at radius 1 is 1.14 bits per heavy atom. The lowest BCUT2D eigenvalue weighted by atomic mass is 10.2. The van der Waals surface area contributed by atoms with Crippen LogP contribution in [0.2, 0.25) is 5.02 Å². The van der Waals surface area contributed by atoms with Crippen molar-refractivity contribution in [1.29, 1.82) is 0 Å². The van der Waals surface area contributed by atoms with Crippen LogP contribution in [0.1, 0.15) is 23.7 Å². The molecule has 2 unspecified atom stereocenters. The molecule has 5 nitrogen and oxygen atoms in total. The SMILES string of the molecule is CC1CC1C(=O)Nc1cccc(C(=O)Nc2nc(-c3ccccc3Cl)cs2)c1. The molecule has 28 heavy (non-hydrogen) atoms. The maximum Gasteiger partial charge on any atom is 0.257 e. The number of anilines is 2. The summed E-state index contributed by atoms with van der Waals surface area (Å²) in [6, 6.07) is 14.3. The lowest BCUT2D eigenvalue weighted by Crippen LogP contribution is -2.16. The van der Waals surface area contributed by atoms with Crippen LogP contribution in [0.3, 0.4) is 0 Å². The minimum atomic E-state index is -0.282. The van der Waals surface area contributed by atoms with Gasteiger partial charge in [-0.1, -0.05) is 42.8 Å². The van der Waals surface area contributed by atoms with Gasteiger partial charge >= 0.3 is 0 Å². The third-order valence-corrected chi connectivity index (χ3v) is 5.80. The van der Waals surface area contributed by atoms with Crippen molar-refractivity contribution in [3.05, 3.63) is 64.5 Å². The van der Waals surface area contributed by atoms with Gasteiger partial charge in [0.15, 0.2) is 5.13 Å². The summed E-state index contributed by atoms with van der Waals surface area (Å²) in [5, 5.41) is 8.63. The van der Waals surface area contributed by atoms with Gasteiger partial charge in [0.05, 0.1) is 5.69 Å². The van der Waals surface area contributed by atoms with Gasteiger partial charge in [-0.3, -0.25) is 14.9 Å². The fourth-order valence-corrected chi connectivity index (χ4v) is 3.89. The predicted molar refractivity (Wildman–Crippen MR) is 113 cm³/mol. The van der Waals surface area contributed by atoms with E-state index in [4.69, 9.17) is 11.6 Å². The second-order valence-corrected chi connectivity index (χ2v) is 8.13. The van der Waals surface area contributed by atoms with Crippen LogP contribution in [0.25, 0.3) is 11.3 Å². The van der Waals surface area contributed by atoms with Crippen LogP contribution < -0.4 is 10.6 Å². The highest BCUT2D eigenvalue weighted by molar-refractivity contribution is 7.14. The van der Waals surface area contributed by atoms with Gasteiger partial charge in [-0.25, -0.2) is 4.98 Å². The number of carbonyl (C=O) groups is 2. The molecular formula is C21H18ClN3O2S. The number of benzene rings is 2. The van der Waals surface area contributed by atoms with Crippen molar-refractivity contribution in [2.24, 2.45) is 11.8 Å². The number of rotatable bonds is 5. The molecule has 142 valence electrons. The molecular weight excluding hydrogens is 394 g/mol. The molecule has 1 fully saturated rings. The van der Waals surface area contributed by atoms with Crippen LogP contribution >= 0.6 is 22.9 Å². The molecule has 3 aromatic rings. The van der Waals surface area contributed by atoms with E-state index in [9.17, 15) is 9.59 Å². The number of thiazole rings is 1. The Labute approximate surface area is 171 Å². The Morgan fingerprint density at radius 2 is 1.93 bits per heavy atom. The first kappa shape index (κ1) is 18.7. The fraction of sp³-hybridized carbons (Fsp3) is 0.190. The number of aromatic nitrogens is 1. The molecule has 2 N–H and O–H groups in total. The number of nitrogens with zero attached hydrogens (tertiary/aromatic N) is 1. The largest absolute Gasteiger partial charge is 0.326 e. The number of halogens is 1. The average Bonchev–Trinajstić information content (AvgIpc) is 3.25. The summed E-state index contributed by atoms with van der Waals surface area (Å²) < 4.78 is 0. The molecule has 0 radical (unpaired) electrons. The molecule has 1 saturated carbocycles. The second kappa shape index (κ2) is 7.73. The normalized spacial score (nSPS) is 17.8. The van der Waals surface area contributed by atoms with Crippen LogP contribution in [0, 0.1) is 11.8 Å². The number of carbonyl (C=O) groups excluding carboxylic acids is 2. The quantitative estimate of drug-likeness (QED) is 0.597. The van der Waals surface area contributed by atoms with Crippen molar-refractivity contribution in [1.82, 2.24) is 4.98 Å². The van der Waals surface area contributed by atoms with Crippen LogP contribution in [-0.2, 0) is 4.79 Å². The van der Waals surface area contributed by atoms with Gasteiger partial charge in [0.2, 0.25) is 5.91 Å². The van der Waals surface area contributed by atoms with E-state index < -0.39 is 0 Å². The Hall–Kier alpha value is -2.70. The minimum absolute atomic E-state index is 0.00867. The first-order valence-electron chi connectivity index (χ1n) is 8.94. The van der Waals surface area contributed by atoms with Crippen molar-refractivity contribution >= 4 is 45.6 Å². The summed E-state index contributed by atoms with van der Waals surface area (Å²) in [6.45, 7) is 2.05. The van der Waals surface area contributed by atoms with Gasteiger partial charge in [0.1, 0.15) is 0 Å². The molecule has 0 saturated heterocycles. The van der Waals surface area contributed by atoms with E-state index in [1.807, 2.05) is 23.6 Å². The Balaban J connectivity index is 1.45. The van der Waals surface area contributed by atoms with Crippen molar-refractivity contribution in [3.8, 4) is 11.3 Å². The third kappa shape index (κ3) is 4.08. The van der Waals surface area contributed by atoms with E-state index in [0.717, 1.165) is 12.0 Å². The highest BCUT2D eigenvalue weighted by Crippen LogP contribution is 2.38. The van der Waals surface area contributed by atoms with E-state index in [1.54, 1.807) is 30.3 Å². The number of nitrogens with one attached hydrogen (secondary N) is 2. The maximum absolute atomic E-state index is 12.6. The highest BCUT2D eigenvalue weighted by Gasteiger charge is 2.39. The molecule has 2 aromatic carbocycles. The summed E-state index contributed by atoms with van der Waals surface area (Å²) in [5.41, 5.74) is 2.61. The number of hydrogen-bond acceptors (Lipinski definition) is 4. The topological polar surface area (TPSA) is 71.1 Å². The molecule has 0 spiro atoms. The summed E-state index contributed by atoms with van der Waals surface area (Å²) in [6.07, 6.45) is 0.920. The van der Waals surface area contributed by atoms with Gasteiger partial charge in [0.25, 0.3) is 5.91 Å². The lowest BCUT2D eigenvalue weighted by Gasteiger charge is -2.07. The summed E-state index contributed by atoms with van der Waals surface area (Å²) >= 11 is 7.54. The Bertz CT molecular complexity index is 1050. The number of amides is 2. The Kier molecular flexibility index (Phi) is 5.15. The second-order valence-electron chi connectivity index (χ2n) is 6.86. The zero-order chi connectivity index (χ0) is 19.7. The van der Waals surface area contributed by atoms with Crippen LogP contribution in [0.5, 0.6) is 0 Å². The van der Waals surface area contributed by atoms with E-state index in [0.29, 0.717) is 33.0 Å². The summed E-state index contributed by atoms with van der Waals surface area (Å²) in [5.74, 6) is 0.241. The first-order chi connectivity index (χ1) is 13.5. The zero-order valence-corrected chi connectivity index (χ0v) is 16.7. The smallest absolute Gasteiger partial charge is 0.257 e. The van der Waals surface area contributed by atoms with Crippen LogP contribution in [-0.4, -0.2) is 16.8 Å². The molecule has 1 heterocycles. The van der Waals surface area contributed by atoms with Gasteiger partial charge in [0, 0.05) is 33.1 Å². The third-order valence-electron chi connectivity index (χ3n) is 4.71. The van der Waals surface area contributed by atoms with Crippen molar-refractivity contribution < 1.29 is 9.59 Å². The average molecular weight is 412 g/mol. The van der Waals surface area contributed by atoms with Gasteiger partial charge < -0.3 is 5.32 Å². The van der Waals surface area contributed by atoms with Gasteiger partial charge in [-0.15, -0.1) is 11.3 Å². The monoisotopic (exact) mass is 411 g/mol. The molecule has 0 bridgehead atoms. The van der Waals surface area contributed by atoms with E-state index in [2.05, 4.69) is 22.5 Å². The molecule has 2 amide bonds. The molecule has 1 aliphatic carbocycles. The van der Waals surface area contributed by atoms with Crippen molar-refractivity contribution in [3.63, 3.8) is 0 Å². The van der Waals surface area contributed by atoms with E-state index >= 15 is 0 Å². The van der Waals surface area contributed by atoms with Crippen LogP contribution in [0.4, 0.5) is 10.8 Å². The number of hydrogen-bond donors (Lipinski definition) is 2. The molecule has 1 aliphatic rings. The molecule has 7 heteroatoms. The standard InChI is InChI=1S/C21H18ClN3O2S/c1-12-9-16(12)20(27)23-14-6-4-5-13(10-14)19(26)25-21-24-18(11-28-21)15-7-2-3-8-17(15)22/h2-8,10-12,16H,9H2,1H3,(H,23,27)(H,24,25,26). The van der Waals surface area contributed by atoms with E-state index in [-0.39, 0.29) is 17.7 Å². The van der Waals surface area contributed by atoms with Crippen molar-refractivity contribution in [2.75, 3.05) is 10.6 Å². The zero-order valence-electron chi connectivity index (χ0n) is 15.1. The first-order valence-corrected chi connectivity index (χ1v) is 10.2. The lowest BCUT2D eigenvalue weighted by molar-refractivity contribution is -0.117. The van der Waals surface area contributed by atoms with Crippen LogP contribution in [0.15, 0.2) is 53.9 Å². The molecule has 1 aromatic heterocycles. The molecule has 0 aliphatic heterocycles. The minimum Gasteiger partial charge on any atom is -0.326 e. The van der Waals surface area contributed by atoms with Gasteiger partial charge in [-0.2, -0.15) is 0 Å². The summed E-state index contributed by atoms with van der Waals surface area (Å²) in [7, 11) is 0. The maximum atomic E-state index is 12.6. The van der Waals surface area contributed by atoms with Crippen molar-refractivity contribution in [2.45, 2.75) is 13.3 Å². The Morgan fingerprint density at radius 3 is 2.68 bits per heavy atom. The molecule has 4 rings (SSSR count). The highest BCUT2D eigenvalue weighted by atomic mass is 35.5. The molecule has 2 atom stereocenters. The summed E-state index contributed by atoms with van der Waals surface area (Å²) in [4.78, 5) is 29.1. The predicted octanol–water partition coefficient (Wildman–Crippen LogP) is 5.31. The van der Waals surface area contributed by atoms with Gasteiger partial charge in [-0.05, 0) is 36.6 Å². The fourth-order valence-electron chi connectivity index (χ4n) is 2.95. The van der Waals surface area contributed by atoms with E-state index in [1.165, 1.54) is 11.3 Å².